The highest BCUT2D eigenvalue weighted by Gasteiger charge is 2.09. The minimum Gasteiger partial charge on any atom is -0.280 e. The normalized spacial score (nSPS) is 18.6. The highest BCUT2D eigenvalue weighted by molar-refractivity contribution is 9.14. The molecule has 0 radical (unpaired) electrons. The Bertz CT molecular complexity index is 136. The van der Waals surface area contributed by atoms with E-state index < -0.39 is 0 Å². The summed E-state index contributed by atoms with van der Waals surface area (Å²) in [4.78, 5) is 10.0. The third-order valence-corrected chi connectivity index (χ3v) is 2.32. The van der Waals surface area contributed by atoms with Crippen LogP contribution in [0, 0.1) is 0 Å². The van der Waals surface area contributed by atoms with Crippen molar-refractivity contribution in [1.29, 1.82) is 0 Å². The summed E-state index contributed by atoms with van der Waals surface area (Å²) in [6, 6.07) is 0. The third kappa shape index (κ3) is 1.26. The van der Waals surface area contributed by atoms with Crippen molar-refractivity contribution < 1.29 is 4.79 Å². The molecule has 0 aromatic rings. The van der Waals surface area contributed by atoms with Crippen LogP contribution in [-0.4, -0.2) is 17.3 Å². The molecule has 0 N–H and O–H groups in total. The van der Waals surface area contributed by atoms with Crippen LogP contribution in [0.4, 0.5) is 0 Å². The monoisotopic (exact) mass is 193 g/mol. The molecule has 0 fully saturated rings. The molecule has 0 atom stereocenters. The minimum absolute atomic E-state index is 0.717. The molecule has 0 saturated heterocycles. The molecule has 0 unspecified atom stereocenters. The van der Waals surface area contributed by atoms with Crippen LogP contribution >= 0.6 is 27.9 Å². The molecular weight excluding hydrogens is 190 g/mol. The zero-order chi connectivity index (χ0) is 5.98. The third-order valence-electron chi connectivity index (χ3n) is 0.754. The van der Waals surface area contributed by atoms with Gasteiger partial charge in [-0.05, 0) is 34.0 Å². The predicted octanol–water partition coefficient (Wildman–Crippen LogP) is 1.34. The lowest BCUT2D eigenvalue weighted by Crippen LogP contribution is -2.07. The van der Waals surface area contributed by atoms with Gasteiger partial charge in [0.2, 0.25) is 6.41 Å². The van der Waals surface area contributed by atoms with Crippen molar-refractivity contribution in [3.63, 3.8) is 0 Å². The van der Waals surface area contributed by atoms with Crippen LogP contribution in [0.1, 0.15) is 0 Å². The van der Waals surface area contributed by atoms with Crippen molar-refractivity contribution in [3.8, 4) is 0 Å². The van der Waals surface area contributed by atoms with Gasteiger partial charge in [-0.25, -0.2) is 0 Å². The van der Waals surface area contributed by atoms with Crippen LogP contribution in [0.5, 0.6) is 0 Å². The van der Waals surface area contributed by atoms with Crippen LogP contribution < -0.4 is 0 Å². The molecule has 0 saturated carbocycles. The first kappa shape index (κ1) is 6.16. The quantitative estimate of drug-likeness (QED) is 0.463. The lowest BCUT2D eigenvalue weighted by Gasteiger charge is -2.02. The maximum Gasteiger partial charge on any atom is 0.220 e. The zero-order valence-corrected chi connectivity index (χ0v) is 6.41. The highest BCUT2D eigenvalue weighted by atomic mass is 79.9. The van der Waals surface area contributed by atoms with Crippen molar-refractivity contribution >= 4 is 34.3 Å². The number of rotatable bonds is 1. The van der Waals surface area contributed by atoms with Gasteiger partial charge in [-0.1, -0.05) is 0 Å². The number of hydrogen-bond acceptors (Lipinski definition) is 2. The van der Waals surface area contributed by atoms with Gasteiger partial charge in [-0.2, -0.15) is 0 Å². The molecule has 0 aromatic heterocycles. The highest BCUT2D eigenvalue weighted by Crippen LogP contribution is 2.30. The topological polar surface area (TPSA) is 20.3 Å². The first-order chi connectivity index (χ1) is 3.83. The van der Waals surface area contributed by atoms with Gasteiger partial charge in [0.1, 0.15) is 0 Å². The summed E-state index contributed by atoms with van der Waals surface area (Å²) < 4.78 is 2.62. The number of carbonyl (C=O) groups excluding carboxylic acids is 1. The van der Waals surface area contributed by atoms with E-state index in [9.17, 15) is 4.79 Å². The average molecular weight is 194 g/mol. The summed E-state index contributed by atoms with van der Waals surface area (Å²) in [6.07, 6.45) is 2.76. The van der Waals surface area contributed by atoms with Crippen molar-refractivity contribution in [2.24, 2.45) is 0 Å². The maximum absolute atomic E-state index is 10.0. The van der Waals surface area contributed by atoms with Gasteiger partial charge in [-0.15, -0.1) is 0 Å². The predicted molar refractivity (Wildman–Crippen MR) is 37.4 cm³/mol. The van der Waals surface area contributed by atoms with E-state index in [2.05, 4.69) is 15.9 Å². The van der Waals surface area contributed by atoms with Crippen LogP contribution in [0.2, 0.25) is 0 Å². The Labute approximate surface area is 60.2 Å². The molecule has 1 rings (SSSR count). The van der Waals surface area contributed by atoms with Crippen LogP contribution in [0.15, 0.2) is 9.89 Å². The molecule has 1 heterocycles. The standard InChI is InChI=1S/C4H4BrNOS/c5-4-1-2-6(3-7)8-4/h1,3H,2H2. The Morgan fingerprint density at radius 3 is 3.00 bits per heavy atom. The van der Waals surface area contributed by atoms with Gasteiger partial charge in [-0.3, -0.25) is 9.10 Å². The van der Waals surface area contributed by atoms with E-state index in [-0.39, 0.29) is 0 Å². The van der Waals surface area contributed by atoms with E-state index in [4.69, 9.17) is 0 Å². The summed E-state index contributed by atoms with van der Waals surface area (Å²) in [7, 11) is 0. The second kappa shape index (κ2) is 2.55. The van der Waals surface area contributed by atoms with E-state index in [0.29, 0.717) is 0 Å². The number of hydrogen-bond donors (Lipinski definition) is 0. The summed E-state index contributed by atoms with van der Waals surface area (Å²) >= 11 is 4.65. The van der Waals surface area contributed by atoms with E-state index in [1.165, 1.54) is 11.9 Å². The smallest absolute Gasteiger partial charge is 0.220 e. The van der Waals surface area contributed by atoms with Crippen LogP contribution in [0.25, 0.3) is 0 Å². The fourth-order valence-electron chi connectivity index (χ4n) is 0.413. The van der Waals surface area contributed by atoms with Crippen LogP contribution in [0.3, 0.4) is 0 Å². The first-order valence-corrected chi connectivity index (χ1v) is 3.65. The van der Waals surface area contributed by atoms with E-state index >= 15 is 0 Å². The van der Waals surface area contributed by atoms with E-state index in [1.807, 2.05) is 6.08 Å². The Kier molecular flexibility index (Phi) is 1.96. The maximum atomic E-state index is 10.0. The van der Waals surface area contributed by atoms with Gasteiger partial charge >= 0.3 is 0 Å². The number of nitrogens with zero attached hydrogens (tertiary/aromatic N) is 1. The Morgan fingerprint density at radius 1 is 2.00 bits per heavy atom. The molecule has 2 nitrogen and oxygen atoms in total. The fourth-order valence-corrected chi connectivity index (χ4v) is 1.68. The van der Waals surface area contributed by atoms with Crippen molar-refractivity contribution in [3.05, 3.63) is 9.89 Å². The fraction of sp³-hybridized carbons (Fsp3) is 0.250. The number of halogens is 1. The lowest BCUT2D eigenvalue weighted by molar-refractivity contribution is -0.113. The molecule has 0 aromatic carbocycles. The molecule has 8 heavy (non-hydrogen) atoms. The molecule has 0 aliphatic carbocycles. The van der Waals surface area contributed by atoms with Crippen molar-refractivity contribution in [1.82, 2.24) is 4.31 Å². The molecule has 1 aliphatic heterocycles. The SMILES string of the molecule is O=CN1CC=C(Br)S1. The Balaban J connectivity index is 2.43. The van der Waals surface area contributed by atoms with Crippen LogP contribution in [-0.2, 0) is 4.79 Å². The summed E-state index contributed by atoms with van der Waals surface area (Å²) in [5.74, 6) is 0. The molecule has 0 spiro atoms. The molecular formula is C4H4BrNOS. The number of amides is 1. The molecule has 1 aliphatic rings. The van der Waals surface area contributed by atoms with Gasteiger partial charge in [0.25, 0.3) is 0 Å². The largest absolute Gasteiger partial charge is 0.280 e. The molecule has 1 amide bonds. The van der Waals surface area contributed by atoms with Gasteiger partial charge in [0.15, 0.2) is 0 Å². The zero-order valence-electron chi connectivity index (χ0n) is 4.00. The molecule has 44 valence electrons. The minimum atomic E-state index is 0.717. The van der Waals surface area contributed by atoms with Gasteiger partial charge in [0.05, 0.1) is 10.4 Å². The Hall–Kier alpha value is 0.0400. The van der Waals surface area contributed by atoms with Crippen molar-refractivity contribution in [2.75, 3.05) is 6.54 Å². The van der Waals surface area contributed by atoms with Gasteiger partial charge < -0.3 is 0 Å². The number of carbonyl (C=O) groups is 1. The first-order valence-electron chi connectivity index (χ1n) is 2.08. The lowest BCUT2D eigenvalue weighted by atomic mass is 10.6. The second-order valence-corrected chi connectivity index (χ2v) is 3.78. The summed E-state index contributed by atoms with van der Waals surface area (Å²) in [5, 5.41) is 0. The molecule has 4 heteroatoms. The van der Waals surface area contributed by atoms with E-state index in [0.717, 1.165) is 16.8 Å². The van der Waals surface area contributed by atoms with Gasteiger partial charge in [0, 0.05) is 0 Å². The Morgan fingerprint density at radius 2 is 2.75 bits per heavy atom. The van der Waals surface area contributed by atoms with Crippen molar-refractivity contribution in [2.45, 2.75) is 0 Å². The second-order valence-electron chi connectivity index (χ2n) is 1.30. The molecule has 0 bridgehead atoms. The summed E-state index contributed by atoms with van der Waals surface area (Å²) in [6.45, 7) is 0.717. The summed E-state index contributed by atoms with van der Waals surface area (Å²) in [5.41, 5.74) is 0. The average Bonchev–Trinajstić information content (AvgIpc) is 2.14. The van der Waals surface area contributed by atoms with E-state index in [1.54, 1.807) is 4.31 Å².